The number of nitrogens with zero attached hydrogens (tertiary/aromatic N) is 2. The zero-order chi connectivity index (χ0) is 63.8. The summed E-state index contributed by atoms with van der Waals surface area (Å²) in [6.07, 6.45) is -18.6. The lowest BCUT2D eigenvalue weighted by Gasteiger charge is -2.45. The standard InChI is InChI=1S/C55H54Br2N2O19S2/c1-23-13-11-15-33-41(23)43(45(37-17-19-39(56)79-37)58(33)54-52(75-31(9)66)50(73-29(7)64)48(71-27(5)62)35(77-54)21-69-25(3)60)47(68)44-42-24(2)14-12-16-34(42)59(46(44)38-18-20-40(57)80-38)55-53(76-32(10)67)51(74-30(8)65)49(72-28(6)63)36(78-55)22-70-26(4)61/h11-20,35-36,48-55H,21-22H2,1-10H3/t35-,36-,48-,49-,50+,51+,52-,53-,54?,55?/m1/s1/i3D,4D,5D,6D,7D,8D,9D,10D. The van der Waals surface area contributed by atoms with Crippen LogP contribution in [0.5, 0.6) is 0 Å². The van der Waals surface area contributed by atoms with Crippen LogP contribution in [0.2, 0.25) is 0 Å². The molecule has 80 heavy (non-hydrogen) atoms. The number of ether oxygens (including phenoxy) is 10. The molecular weight excluding hydrogens is 1220 g/mol. The van der Waals surface area contributed by atoms with E-state index in [1.54, 1.807) is 74.5 Å². The maximum atomic E-state index is 17.2. The van der Waals surface area contributed by atoms with Crippen LogP contribution in [0.3, 0.4) is 0 Å². The Bertz CT molecular complexity index is 3420. The number of benzene rings is 2. The largest absolute Gasteiger partial charge is 0.463 e. The second-order valence-corrected chi connectivity index (χ2v) is 22.8. The Morgan fingerprint density at radius 2 is 0.812 bits per heavy atom. The Hall–Kier alpha value is -6.77. The van der Waals surface area contributed by atoms with Gasteiger partial charge in [-0.05, 0) is 93.2 Å². The molecule has 0 bridgehead atoms. The molecule has 2 aliphatic heterocycles. The molecule has 10 atom stereocenters. The number of thiophene rings is 2. The minimum Gasteiger partial charge on any atom is -0.463 e. The Morgan fingerprint density at radius 1 is 0.475 bits per heavy atom. The summed E-state index contributed by atoms with van der Waals surface area (Å²) in [6, 6.07) is 16.5. The molecule has 2 unspecified atom stereocenters. The predicted molar refractivity (Wildman–Crippen MR) is 293 cm³/mol. The Kier molecular flexibility index (Phi) is 15.0. The first kappa shape index (κ1) is 49.1. The number of hydrogen-bond donors (Lipinski definition) is 0. The molecule has 8 rings (SSSR count). The zero-order valence-electron chi connectivity index (χ0n) is 50.3. The Balaban J connectivity index is 1.50. The average molecular weight is 1280 g/mol. The van der Waals surface area contributed by atoms with Gasteiger partial charge in [-0.2, -0.15) is 0 Å². The molecule has 0 spiro atoms. The van der Waals surface area contributed by atoms with Crippen LogP contribution >= 0.6 is 54.5 Å². The van der Waals surface area contributed by atoms with Crippen molar-refractivity contribution < 1.29 is 101 Å². The fourth-order valence-corrected chi connectivity index (χ4v) is 12.9. The van der Waals surface area contributed by atoms with Gasteiger partial charge in [-0.1, -0.05) is 24.3 Å². The summed E-state index contributed by atoms with van der Waals surface area (Å²) in [4.78, 5) is 123. The topological polar surface area (TPSA) is 256 Å². The van der Waals surface area contributed by atoms with E-state index >= 15 is 4.79 Å². The van der Waals surface area contributed by atoms with E-state index in [9.17, 15) is 38.4 Å². The lowest BCUT2D eigenvalue weighted by atomic mass is 9.93. The van der Waals surface area contributed by atoms with Crippen LogP contribution in [-0.2, 0) is 85.7 Å². The predicted octanol–water partition coefficient (Wildman–Crippen LogP) is 8.94. The van der Waals surface area contributed by atoms with Crippen LogP contribution in [0.25, 0.3) is 42.9 Å². The number of aryl methyl sites for hydroxylation is 2. The third-order valence-electron chi connectivity index (χ3n) is 12.7. The first-order chi connectivity index (χ1) is 42.2. The second-order valence-electron chi connectivity index (χ2n) is 17.9. The smallest absolute Gasteiger partial charge is 0.303 e. The van der Waals surface area contributed by atoms with Crippen LogP contribution in [0.15, 0.2) is 68.2 Å². The van der Waals surface area contributed by atoms with Gasteiger partial charge >= 0.3 is 47.8 Å². The van der Waals surface area contributed by atoms with E-state index in [1.807, 2.05) is 0 Å². The molecule has 2 fully saturated rings. The van der Waals surface area contributed by atoms with E-state index in [2.05, 4.69) is 31.9 Å². The molecule has 2 aromatic carbocycles. The summed E-state index contributed by atoms with van der Waals surface area (Å²) in [7, 11) is 0. The molecule has 6 aromatic rings. The highest BCUT2D eigenvalue weighted by molar-refractivity contribution is 9.11. The summed E-state index contributed by atoms with van der Waals surface area (Å²) in [5.74, 6) is -10.2. The number of hydrogen-bond acceptors (Lipinski definition) is 21. The number of aromatic nitrogens is 2. The van der Waals surface area contributed by atoms with Crippen molar-refractivity contribution in [3.63, 3.8) is 0 Å². The summed E-state index contributed by atoms with van der Waals surface area (Å²) in [5.41, 5.74) is 1.13. The number of esters is 8. The monoisotopic (exact) mass is 1280 g/mol. The van der Waals surface area contributed by atoms with E-state index in [0.717, 1.165) is 22.7 Å². The molecule has 0 radical (unpaired) electrons. The molecule has 21 nitrogen and oxygen atoms in total. The van der Waals surface area contributed by atoms with E-state index < -0.39 is 183 Å². The van der Waals surface area contributed by atoms with Crippen molar-refractivity contribution in [1.29, 1.82) is 0 Å². The molecule has 0 N–H and O–H groups in total. The lowest BCUT2D eigenvalue weighted by molar-refractivity contribution is -0.267. The number of fused-ring (bicyclic) bond motifs is 2. The summed E-state index contributed by atoms with van der Waals surface area (Å²) in [6.45, 7) is -6.08. The summed E-state index contributed by atoms with van der Waals surface area (Å²) in [5, 5.41) is 0.449. The van der Waals surface area contributed by atoms with E-state index in [-0.39, 0.29) is 44.3 Å². The Morgan fingerprint density at radius 3 is 1.14 bits per heavy atom. The molecule has 2 saturated heterocycles. The van der Waals surface area contributed by atoms with Gasteiger partial charge < -0.3 is 56.5 Å². The number of carbonyl (C=O) groups is 9. The van der Waals surface area contributed by atoms with E-state index in [4.69, 9.17) is 58.3 Å². The minimum absolute atomic E-state index is 0.0256. The molecular formula is C55H54Br2N2O19S2. The maximum Gasteiger partial charge on any atom is 0.303 e. The lowest BCUT2D eigenvalue weighted by Crippen LogP contribution is -2.60. The molecule has 0 aliphatic carbocycles. The molecule has 6 heterocycles. The van der Waals surface area contributed by atoms with Crippen molar-refractivity contribution in [2.24, 2.45) is 0 Å². The molecule has 25 heteroatoms. The van der Waals surface area contributed by atoms with E-state index in [1.165, 1.54) is 9.13 Å². The molecule has 424 valence electrons. The van der Waals surface area contributed by atoms with Gasteiger partial charge in [-0.3, -0.25) is 43.2 Å². The fraction of sp³-hybridized carbons (Fsp3) is 0.400. The number of ketones is 1. The van der Waals surface area contributed by atoms with Gasteiger partial charge in [0.05, 0.1) is 50.9 Å². The Labute approximate surface area is 493 Å². The maximum absolute atomic E-state index is 17.2. The summed E-state index contributed by atoms with van der Waals surface area (Å²) < 4.78 is 126. The molecule has 0 saturated carbocycles. The SMILES string of the molecule is [2H]CC(=O)OC[C@H]1OC(n2c(-c3ccc(Br)s3)c(C(=O)c3c(-c4ccc(Br)s4)n(C4O[C@H](COC(=O)C[2H])[C@@H](OC(=O)C[2H])[C@H](OC(=O)C[2H])[C@H]4OC(=O)C[2H])c4cccc(C)c34)c3c(C)cccc32)[C@H](OC(=O)C[2H])[C@@H](OC(=O)C[2H])[C@@H]1OC(=O)C[2H]. The van der Waals surface area contributed by atoms with Crippen LogP contribution in [0.1, 0.15) is 106 Å². The third kappa shape index (κ3) is 12.3. The van der Waals surface area contributed by atoms with Gasteiger partial charge in [-0.25, -0.2) is 0 Å². The summed E-state index contributed by atoms with van der Waals surface area (Å²) >= 11 is 9.34. The highest BCUT2D eigenvalue weighted by Gasteiger charge is 2.56. The molecule has 0 amide bonds. The highest BCUT2D eigenvalue weighted by atomic mass is 79.9. The van der Waals surface area contributed by atoms with Crippen molar-refractivity contribution in [2.45, 2.75) is 130 Å². The minimum atomic E-state index is -1.96. The first-order valence-electron chi connectivity index (χ1n) is 29.3. The van der Waals surface area contributed by atoms with Crippen LogP contribution in [0, 0.1) is 13.8 Å². The normalized spacial score (nSPS) is 24.0. The van der Waals surface area contributed by atoms with Crippen LogP contribution in [-0.4, -0.2) is 125 Å². The van der Waals surface area contributed by atoms with Gasteiger partial charge in [0.15, 0.2) is 54.9 Å². The van der Waals surface area contributed by atoms with Crippen molar-refractivity contribution in [3.05, 3.63) is 90.5 Å². The van der Waals surface area contributed by atoms with Gasteiger partial charge in [-0.15, -0.1) is 22.7 Å². The van der Waals surface area contributed by atoms with Crippen molar-refractivity contribution in [2.75, 3.05) is 13.2 Å². The number of carbonyl (C=O) groups excluding carboxylic acids is 9. The zero-order valence-corrected chi connectivity index (χ0v) is 47.1. The highest BCUT2D eigenvalue weighted by Crippen LogP contribution is 2.51. The quantitative estimate of drug-likeness (QED) is 0.0497. The first-order valence-corrected chi connectivity index (χ1v) is 26.8. The van der Waals surface area contributed by atoms with Gasteiger partial charge in [0.25, 0.3) is 0 Å². The van der Waals surface area contributed by atoms with Crippen molar-refractivity contribution in [3.8, 4) is 21.1 Å². The second kappa shape index (κ2) is 24.5. The van der Waals surface area contributed by atoms with Crippen molar-refractivity contribution in [1.82, 2.24) is 9.13 Å². The number of rotatable bonds is 16. The number of halogens is 2. The van der Waals surface area contributed by atoms with Gasteiger partial charge in [0.1, 0.15) is 25.4 Å². The average Bonchev–Trinajstić information content (AvgIpc) is 1.56. The van der Waals surface area contributed by atoms with E-state index in [0.29, 0.717) is 28.5 Å². The molecule has 2 aliphatic rings. The van der Waals surface area contributed by atoms with Crippen LogP contribution < -0.4 is 0 Å². The van der Waals surface area contributed by atoms with Crippen molar-refractivity contribution >= 4 is 130 Å². The van der Waals surface area contributed by atoms with Gasteiger partial charge in [0, 0.05) is 76.9 Å². The van der Waals surface area contributed by atoms with Gasteiger partial charge in [0.2, 0.25) is 0 Å². The van der Waals surface area contributed by atoms with Crippen LogP contribution in [0.4, 0.5) is 0 Å². The molecule has 4 aromatic heterocycles. The fourth-order valence-electron chi connectivity index (χ4n) is 10.1. The third-order valence-corrected chi connectivity index (χ3v) is 16.0.